The Hall–Kier alpha value is -1.82. The number of nitrogens with one attached hydrogen (secondary N) is 1. The van der Waals surface area contributed by atoms with Crippen LogP contribution in [0.25, 0.3) is 0 Å². The van der Waals surface area contributed by atoms with Crippen LogP contribution in [0.15, 0.2) is 24.4 Å². The second kappa shape index (κ2) is 8.15. The summed E-state index contributed by atoms with van der Waals surface area (Å²) in [7, 11) is 0. The monoisotopic (exact) mass is 320 g/mol. The lowest BCUT2D eigenvalue weighted by molar-refractivity contribution is 0.147. The Labute approximate surface area is 138 Å². The van der Waals surface area contributed by atoms with Crippen molar-refractivity contribution >= 4 is 11.8 Å². The Balaban J connectivity index is 1.68. The summed E-state index contributed by atoms with van der Waals surface area (Å²) in [4.78, 5) is 20.6. The Morgan fingerprint density at radius 2 is 2.04 bits per heavy atom. The molecule has 2 rings (SSSR count). The van der Waals surface area contributed by atoms with Gasteiger partial charge >= 0.3 is 6.03 Å². The summed E-state index contributed by atoms with van der Waals surface area (Å²) in [6.45, 7) is 7.94. The maximum Gasteiger partial charge on any atom is 0.317 e. The Morgan fingerprint density at radius 3 is 2.65 bits per heavy atom. The second-order valence-electron chi connectivity index (χ2n) is 6.82. The molecule has 1 aromatic heterocycles. The minimum absolute atomic E-state index is 0.00692. The molecule has 0 saturated carbocycles. The van der Waals surface area contributed by atoms with E-state index in [1.54, 1.807) is 6.20 Å². The smallest absolute Gasteiger partial charge is 0.317 e. The van der Waals surface area contributed by atoms with Crippen molar-refractivity contribution in [1.29, 1.82) is 0 Å². The molecular weight excluding hydrogens is 292 g/mol. The molecule has 2 amide bonds. The Morgan fingerprint density at radius 1 is 1.30 bits per heavy atom. The van der Waals surface area contributed by atoms with Crippen LogP contribution < -0.4 is 10.2 Å². The van der Waals surface area contributed by atoms with Gasteiger partial charge in [-0.3, -0.25) is 0 Å². The number of anilines is 1. The van der Waals surface area contributed by atoms with Gasteiger partial charge < -0.3 is 20.2 Å². The van der Waals surface area contributed by atoms with Gasteiger partial charge in [0, 0.05) is 45.5 Å². The molecule has 2 heterocycles. The maximum absolute atomic E-state index is 12.2. The first kappa shape index (κ1) is 17.5. The van der Waals surface area contributed by atoms with Crippen LogP contribution in [0, 0.1) is 5.41 Å². The van der Waals surface area contributed by atoms with E-state index in [0.29, 0.717) is 19.6 Å². The fourth-order valence-electron chi connectivity index (χ4n) is 2.63. The molecule has 23 heavy (non-hydrogen) atoms. The van der Waals surface area contributed by atoms with Gasteiger partial charge in [0.1, 0.15) is 5.82 Å². The van der Waals surface area contributed by atoms with E-state index in [1.807, 2.05) is 36.9 Å². The van der Waals surface area contributed by atoms with Crippen molar-refractivity contribution in [2.75, 3.05) is 44.2 Å². The number of aromatic nitrogens is 1. The highest BCUT2D eigenvalue weighted by Crippen LogP contribution is 2.20. The molecule has 0 radical (unpaired) electrons. The molecule has 2 N–H and O–H groups in total. The van der Waals surface area contributed by atoms with Crippen LogP contribution >= 0.6 is 0 Å². The molecule has 0 spiro atoms. The van der Waals surface area contributed by atoms with Crippen LogP contribution in [0.3, 0.4) is 0 Å². The van der Waals surface area contributed by atoms with Crippen LogP contribution in [0.1, 0.15) is 26.7 Å². The molecule has 0 aromatic carbocycles. The predicted molar refractivity (Wildman–Crippen MR) is 91.5 cm³/mol. The summed E-state index contributed by atoms with van der Waals surface area (Å²) < 4.78 is 0. The van der Waals surface area contributed by atoms with Gasteiger partial charge in [0.15, 0.2) is 0 Å². The summed E-state index contributed by atoms with van der Waals surface area (Å²) in [6.07, 6.45) is 3.58. The highest BCUT2D eigenvalue weighted by molar-refractivity contribution is 5.74. The summed E-state index contributed by atoms with van der Waals surface area (Å²) >= 11 is 0. The van der Waals surface area contributed by atoms with Gasteiger partial charge in [0.2, 0.25) is 0 Å². The van der Waals surface area contributed by atoms with Gasteiger partial charge in [0.25, 0.3) is 0 Å². The van der Waals surface area contributed by atoms with Crippen molar-refractivity contribution < 1.29 is 9.90 Å². The van der Waals surface area contributed by atoms with Gasteiger partial charge in [-0.15, -0.1) is 0 Å². The number of aliphatic hydroxyl groups is 1. The number of hydrogen-bond acceptors (Lipinski definition) is 4. The van der Waals surface area contributed by atoms with Crippen molar-refractivity contribution in [3.05, 3.63) is 24.4 Å². The molecule has 0 aliphatic carbocycles. The third-order valence-electron chi connectivity index (χ3n) is 4.27. The van der Waals surface area contributed by atoms with Gasteiger partial charge in [0.05, 0.1) is 0 Å². The van der Waals surface area contributed by atoms with E-state index < -0.39 is 0 Å². The van der Waals surface area contributed by atoms with Crippen molar-refractivity contribution in [2.45, 2.75) is 26.7 Å². The number of aliphatic hydroxyl groups excluding tert-OH is 1. The zero-order valence-electron chi connectivity index (χ0n) is 14.2. The van der Waals surface area contributed by atoms with Crippen LogP contribution in [0.2, 0.25) is 0 Å². The summed E-state index contributed by atoms with van der Waals surface area (Å²) in [5, 5.41) is 12.2. The average Bonchev–Trinajstić information content (AvgIpc) is 2.59. The molecule has 6 heteroatoms. The summed E-state index contributed by atoms with van der Waals surface area (Å²) in [5.41, 5.74) is -0.0704. The number of nitrogens with zero attached hydrogens (tertiary/aromatic N) is 3. The number of rotatable bonds is 6. The molecular formula is C17H28N4O2. The van der Waals surface area contributed by atoms with Crippen LogP contribution in [0.5, 0.6) is 0 Å². The molecule has 1 fully saturated rings. The SMILES string of the molecule is CC(C)(CO)CCCNC(=O)N1CCN(c2ccccn2)CC1. The van der Waals surface area contributed by atoms with Crippen molar-refractivity contribution in [3.8, 4) is 0 Å². The molecule has 0 bridgehead atoms. The maximum atomic E-state index is 12.2. The minimum Gasteiger partial charge on any atom is -0.396 e. The fourth-order valence-corrected chi connectivity index (χ4v) is 2.63. The first-order valence-electron chi connectivity index (χ1n) is 8.31. The summed E-state index contributed by atoms with van der Waals surface area (Å²) in [5.74, 6) is 0.971. The van der Waals surface area contributed by atoms with Crippen LogP contribution in [0.4, 0.5) is 10.6 Å². The minimum atomic E-state index is -0.0704. The normalized spacial score (nSPS) is 15.6. The van der Waals surface area contributed by atoms with Crippen molar-refractivity contribution in [3.63, 3.8) is 0 Å². The molecule has 1 aliphatic heterocycles. The van der Waals surface area contributed by atoms with Crippen molar-refractivity contribution in [1.82, 2.24) is 15.2 Å². The van der Waals surface area contributed by atoms with Crippen LogP contribution in [-0.4, -0.2) is 60.4 Å². The Bertz CT molecular complexity index is 485. The fraction of sp³-hybridized carbons (Fsp3) is 0.647. The largest absolute Gasteiger partial charge is 0.396 e. The topological polar surface area (TPSA) is 68.7 Å². The van der Waals surface area contributed by atoms with Crippen LogP contribution in [-0.2, 0) is 0 Å². The van der Waals surface area contributed by atoms with Gasteiger partial charge in [-0.05, 0) is 30.4 Å². The lowest BCUT2D eigenvalue weighted by atomic mass is 9.89. The van der Waals surface area contributed by atoms with E-state index >= 15 is 0 Å². The number of pyridine rings is 1. The zero-order valence-corrected chi connectivity index (χ0v) is 14.2. The second-order valence-corrected chi connectivity index (χ2v) is 6.82. The standard InChI is InChI=1S/C17H28N4O2/c1-17(2,14-22)7-5-9-19-16(23)21-12-10-20(11-13-21)15-6-3-4-8-18-15/h3-4,6,8,22H,5,7,9-14H2,1-2H3,(H,19,23). The lowest BCUT2D eigenvalue weighted by Crippen LogP contribution is -2.52. The van der Waals surface area contributed by atoms with E-state index in [-0.39, 0.29) is 18.1 Å². The van der Waals surface area contributed by atoms with E-state index in [4.69, 9.17) is 0 Å². The molecule has 1 saturated heterocycles. The number of hydrogen-bond donors (Lipinski definition) is 2. The van der Waals surface area contributed by atoms with E-state index in [9.17, 15) is 9.90 Å². The number of urea groups is 1. The number of carbonyl (C=O) groups excluding carboxylic acids is 1. The number of carbonyl (C=O) groups is 1. The zero-order chi connectivity index (χ0) is 16.7. The van der Waals surface area contributed by atoms with E-state index in [1.165, 1.54) is 0 Å². The van der Waals surface area contributed by atoms with Gasteiger partial charge in [-0.2, -0.15) is 0 Å². The number of amides is 2. The molecule has 0 unspecified atom stereocenters. The third-order valence-corrected chi connectivity index (χ3v) is 4.27. The lowest BCUT2D eigenvalue weighted by Gasteiger charge is -2.35. The molecule has 0 atom stereocenters. The predicted octanol–water partition coefficient (Wildman–Crippen LogP) is 1.71. The first-order valence-corrected chi connectivity index (χ1v) is 8.31. The van der Waals surface area contributed by atoms with Gasteiger partial charge in [-0.25, -0.2) is 9.78 Å². The first-order chi connectivity index (χ1) is 11.0. The third kappa shape index (κ3) is 5.39. The summed E-state index contributed by atoms with van der Waals surface area (Å²) in [6, 6.07) is 5.90. The van der Waals surface area contributed by atoms with E-state index in [0.717, 1.165) is 31.7 Å². The van der Waals surface area contributed by atoms with Crippen molar-refractivity contribution in [2.24, 2.45) is 5.41 Å². The average molecular weight is 320 g/mol. The van der Waals surface area contributed by atoms with E-state index in [2.05, 4.69) is 15.2 Å². The highest BCUT2D eigenvalue weighted by atomic mass is 16.3. The Kier molecular flexibility index (Phi) is 6.21. The molecule has 128 valence electrons. The quantitative estimate of drug-likeness (QED) is 0.783. The molecule has 6 nitrogen and oxygen atoms in total. The molecule has 1 aromatic rings. The van der Waals surface area contributed by atoms with Gasteiger partial charge in [-0.1, -0.05) is 19.9 Å². The number of piperazine rings is 1. The molecule has 1 aliphatic rings. The highest BCUT2D eigenvalue weighted by Gasteiger charge is 2.21.